The third-order valence-corrected chi connectivity index (χ3v) is 5.84. The number of hydrogen-bond acceptors (Lipinski definition) is 5. The van der Waals surface area contributed by atoms with Crippen LogP contribution in [0.4, 0.5) is 0 Å². The van der Waals surface area contributed by atoms with Gasteiger partial charge in [0.25, 0.3) is 5.91 Å². The number of carbonyl (C=O) groups excluding carboxylic acids is 1. The molecule has 0 bridgehead atoms. The number of aryl methyl sites for hydroxylation is 2. The number of amides is 1. The summed E-state index contributed by atoms with van der Waals surface area (Å²) in [7, 11) is 0. The van der Waals surface area contributed by atoms with Crippen molar-refractivity contribution in [1.82, 2.24) is 9.80 Å². The summed E-state index contributed by atoms with van der Waals surface area (Å²) in [5, 5.41) is 10.3. The number of piperazine rings is 1. The number of β-amino-alcohol motifs (C(OH)–C–C–N with tert-alkyl or cyclic N) is 1. The second kappa shape index (κ2) is 9.35. The van der Waals surface area contributed by atoms with Crippen LogP contribution in [0.5, 0.6) is 5.75 Å². The van der Waals surface area contributed by atoms with E-state index < -0.39 is 6.10 Å². The van der Waals surface area contributed by atoms with Crippen LogP contribution in [0.15, 0.2) is 36.4 Å². The first kappa shape index (κ1) is 19.9. The molecule has 0 saturated carbocycles. The monoisotopic (exact) mass is 388 g/mol. The van der Waals surface area contributed by atoms with E-state index in [1.807, 2.05) is 48.2 Å². The Kier molecular flexibility index (Phi) is 6.88. The van der Waals surface area contributed by atoms with Crippen molar-refractivity contribution >= 4 is 17.2 Å². The molecule has 5 nitrogen and oxygen atoms in total. The third-order valence-electron chi connectivity index (χ3n) is 4.85. The van der Waals surface area contributed by atoms with Gasteiger partial charge >= 0.3 is 0 Å². The second-order valence-electron chi connectivity index (χ2n) is 6.97. The van der Waals surface area contributed by atoms with Crippen molar-refractivity contribution in [2.75, 3.05) is 39.3 Å². The number of nitrogens with zero attached hydrogens (tertiary/aromatic N) is 2. The first-order valence-corrected chi connectivity index (χ1v) is 10.3. The number of aliphatic hydroxyl groups is 1. The summed E-state index contributed by atoms with van der Waals surface area (Å²) in [6.07, 6.45) is 0.460. The first-order valence-electron chi connectivity index (χ1n) is 9.53. The molecule has 1 aliphatic heterocycles. The molecule has 1 aliphatic rings. The largest absolute Gasteiger partial charge is 0.491 e. The Morgan fingerprint density at radius 3 is 2.44 bits per heavy atom. The van der Waals surface area contributed by atoms with E-state index in [1.165, 1.54) is 5.56 Å². The lowest BCUT2D eigenvalue weighted by atomic mass is 10.2. The molecule has 0 aliphatic carbocycles. The molecule has 0 radical (unpaired) electrons. The quantitative estimate of drug-likeness (QED) is 0.793. The molecule has 1 atom stereocenters. The van der Waals surface area contributed by atoms with Gasteiger partial charge in [-0.2, -0.15) is 0 Å². The molecule has 1 aromatic heterocycles. The summed E-state index contributed by atoms with van der Waals surface area (Å²) >= 11 is 1.55. The highest BCUT2D eigenvalue weighted by Gasteiger charge is 2.24. The number of benzene rings is 1. The van der Waals surface area contributed by atoms with Crippen molar-refractivity contribution in [2.24, 2.45) is 0 Å². The van der Waals surface area contributed by atoms with Crippen molar-refractivity contribution in [2.45, 2.75) is 26.4 Å². The van der Waals surface area contributed by atoms with E-state index in [9.17, 15) is 9.90 Å². The Bertz CT molecular complexity index is 736. The lowest BCUT2D eigenvalue weighted by Crippen LogP contribution is -2.50. The highest BCUT2D eigenvalue weighted by molar-refractivity contribution is 7.13. The van der Waals surface area contributed by atoms with Gasteiger partial charge < -0.3 is 14.7 Å². The molecule has 1 amide bonds. The average molecular weight is 389 g/mol. The van der Waals surface area contributed by atoms with E-state index in [1.54, 1.807) is 11.3 Å². The van der Waals surface area contributed by atoms with Crippen molar-refractivity contribution in [3.63, 3.8) is 0 Å². The molecule has 1 saturated heterocycles. The highest BCUT2D eigenvalue weighted by atomic mass is 32.1. The zero-order chi connectivity index (χ0) is 19.2. The van der Waals surface area contributed by atoms with Gasteiger partial charge in [-0.25, -0.2) is 0 Å². The lowest BCUT2D eigenvalue weighted by Gasteiger charge is -2.35. The Morgan fingerprint density at radius 2 is 1.85 bits per heavy atom. The van der Waals surface area contributed by atoms with E-state index in [4.69, 9.17) is 4.74 Å². The minimum absolute atomic E-state index is 0.118. The zero-order valence-corrected chi connectivity index (χ0v) is 16.9. The Balaban J connectivity index is 1.39. The summed E-state index contributed by atoms with van der Waals surface area (Å²) in [5.74, 6) is 0.903. The van der Waals surface area contributed by atoms with Gasteiger partial charge in [-0.15, -0.1) is 11.3 Å². The van der Waals surface area contributed by atoms with Crippen LogP contribution >= 0.6 is 11.3 Å². The fourth-order valence-electron chi connectivity index (χ4n) is 3.20. The maximum Gasteiger partial charge on any atom is 0.264 e. The summed E-state index contributed by atoms with van der Waals surface area (Å²) in [6.45, 7) is 7.92. The first-order chi connectivity index (χ1) is 13.0. The van der Waals surface area contributed by atoms with Crippen LogP contribution in [0.2, 0.25) is 0 Å². The molecule has 1 aromatic carbocycles. The van der Waals surface area contributed by atoms with Crippen LogP contribution in [0.3, 0.4) is 0 Å². The minimum atomic E-state index is -0.543. The van der Waals surface area contributed by atoms with Crippen molar-refractivity contribution in [3.05, 3.63) is 51.7 Å². The fourth-order valence-corrected chi connectivity index (χ4v) is 4.04. The molecule has 0 unspecified atom stereocenters. The van der Waals surface area contributed by atoms with Crippen LogP contribution < -0.4 is 4.74 Å². The Labute approximate surface area is 165 Å². The van der Waals surface area contributed by atoms with Gasteiger partial charge in [0.05, 0.1) is 4.88 Å². The van der Waals surface area contributed by atoms with E-state index in [-0.39, 0.29) is 12.5 Å². The van der Waals surface area contributed by atoms with Gasteiger partial charge in [0.15, 0.2) is 0 Å². The number of aliphatic hydroxyl groups excluding tert-OH is 1. The summed E-state index contributed by atoms with van der Waals surface area (Å²) in [6, 6.07) is 11.9. The fraction of sp³-hybridized carbons (Fsp3) is 0.476. The molecule has 146 valence electrons. The van der Waals surface area contributed by atoms with E-state index >= 15 is 0 Å². The zero-order valence-electron chi connectivity index (χ0n) is 16.1. The van der Waals surface area contributed by atoms with Crippen LogP contribution in [0.25, 0.3) is 0 Å². The molecule has 27 heavy (non-hydrogen) atoms. The average Bonchev–Trinajstić information content (AvgIpc) is 3.13. The van der Waals surface area contributed by atoms with Crippen molar-refractivity contribution in [1.29, 1.82) is 0 Å². The van der Waals surface area contributed by atoms with Gasteiger partial charge in [0.2, 0.25) is 0 Å². The molecular formula is C21H28N2O3S. The Morgan fingerprint density at radius 1 is 1.15 bits per heavy atom. The molecule has 2 aromatic rings. The molecule has 1 N–H and O–H groups in total. The number of hydrogen-bond donors (Lipinski definition) is 1. The van der Waals surface area contributed by atoms with Crippen LogP contribution in [-0.2, 0) is 6.42 Å². The van der Waals surface area contributed by atoms with Crippen LogP contribution in [0, 0.1) is 6.92 Å². The smallest absolute Gasteiger partial charge is 0.264 e. The highest BCUT2D eigenvalue weighted by Crippen LogP contribution is 2.18. The minimum Gasteiger partial charge on any atom is -0.491 e. The van der Waals surface area contributed by atoms with Crippen molar-refractivity contribution < 1.29 is 14.6 Å². The summed E-state index contributed by atoms with van der Waals surface area (Å²) < 4.78 is 5.69. The number of thiophene rings is 1. The number of carbonyl (C=O) groups is 1. The van der Waals surface area contributed by atoms with Crippen LogP contribution in [-0.4, -0.2) is 66.2 Å². The summed E-state index contributed by atoms with van der Waals surface area (Å²) in [5.41, 5.74) is 1.27. The van der Waals surface area contributed by atoms with Gasteiger partial charge in [-0.05, 0) is 43.2 Å². The van der Waals surface area contributed by atoms with Gasteiger partial charge in [0, 0.05) is 37.6 Å². The predicted octanol–water partition coefficient (Wildman–Crippen LogP) is 2.82. The second-order valence-corrected chi connectivity index (χ2v) is 8.25. The molecule has 6 heteroatoms. The number of ether oxygens (including phenoxy) is 1. The topological polar surface area (TPSA) is 53.0 Å². The van der Waals surface area contributed by atoms with Gasteiger partial charge in [-0.1, -0.05) is 19.1 Å². The molecule has 3 rings (SSSR count). The molecule has 1 fully saturated rings. The summed E-state index contributed by atoms with van der Waals surface area (Å²) in [4.78, 5) is 18.6. The maximum atomic E-state index is 12.5. The van der Waals surface area contributed by atoms with E-state index in [2.05, 4.69) is 11.8 Å². The molecular weight excluding hydrogens is 360 g/mol. The molecule has 2 heterocycles. The van der Waals surface area contributed by atoms with E-state index in [0.29, 0.717) is 19.6 Å². The number of rotatable bonds is 7. The van der Waals surface area contributed by atoms with Crippen molar-refractivity contribution in [3.8, 4) is 5.75 Å². The predicted molar refractivity (Wildman–Crippen MR) is 109 cm³/mol. The standard InChI is InChI=1S/C21H28N2O3S/c1-3-17-5-7-19(8-6-17)26-15-18(24)14-22-10-12-23(13-11-22)21(25)20-9-4-16(2)27-20/h4-9,18,24H,3,10-15H2,1-2H3/t18-/m1/s1. The van der Waals surface area contributed by atoms with Gasteiger partial charge in [0.1, 0.15) is 18.5 Å². The SMILES string of the molecule is CCc1ccc(OC[C@H](O)CN2CCN(C(=O)c3ccc(C)s3)CC2)cc1. The lowest BCUT2D eigenvalue weighted by molar-refractivity contribution is 0.0406. The normalized spacial score (nSPS) is 16.3. The molecule has 0 spiro atoms. The Hall–Kier alpha value is -1.89. The van der Waals surface area contributed by atoms with Gasteiger partial charge in [-0.3, -0.25) is 9.69 Å². The maximum absolute atomic E-state index is 12.5. The van der Waals surface area contributed by atoms with E-state index in [0.717, 1.165) is 35.0 Å². The third kappa shape index (κ3) is 5.54. The van der Waals surface area contributed by atoms with Crippen LogP contribution in [0.1, 0.15) is 27.0 Å².